The Morgan fingerprint density at radius 3 is 2.15 bits per heavy atom. The minimum absolute atomic E-state index is 0.0418. The van der Waals surface area contributed by atoms with Crippen molar-refractivity contribution in [2.45, 2.75) is 72.4 Å². The van der Waals surface area contributed by atoms with Crippen molar-refractivity contribution in [3.05, 3.63) is 95.1 Å². The number of hydrogen-bond acceptors (Lipinski definition) is 5. The van der Waals surface area contributed by atoms with Crippen LogP contribution in [-0.4, -0.2) is 74.1 Å². The Morgan fingerprint density at radius 2 is 1.51 bits per heavy atom. The summed E-state index contributed by atoms with van der Waals surface area (Å²) in [7, 11) is 1.72. The van der Waals surface area contributed by atoms with Crippen molar-refractivity contribution in [2.24, 2.45) is 10.9 Å². The summed E-state index contributed by atoms with van der Waals surface area (Å²) in [6.45, 7) is 12.5. The maximum absolute atomic E-state index is 14.1. The van der Waals surface area contributed by atoms with E-state index in [2.05, 4.69) is 48.6 Å². The number of rotatable bonds is 18. The van der Waals surface area contributed by atoms with E-state index >= 15 is 0 Å². The zero-order valence-corrected chi connectivity index (χ0v) is 29.0. The van der Waals surface area contributed by atoms with E-state index in [0.29, 0.717) is 56.1 Å². The zero-order valence-electron chi connectivity index (χ0n) is 29.0. The standard InChI is InChI=1S/C39H53N5O3/c1-7-19-44(20-8-2)39(47)33-23-31(35-18-14-13-17-30(35)26-40-6)22-32(24-33)37(45)43-34(21-29-15-11-10-12-16-29)27-41-36(9-3)38(46)42-25-28(4)5/h10-18,22-24,26,28,34,36,41H,7-9,19-21,25,27H2,1-6H3,(H,42,46)(H,43,45)/t34-,36-/m0/s1. The van der Waals surface area contributed by atoms with Crippen LogP contribution < -0.4 is 16.0 Å². The van der Waals surface area contributed by atoms with Crippen LogP contribution in [0.15, 0.2) is 77.8 Å². The summed E-state index contributed by atoms with van der Waals surface area (Å²) in [5, 5.41) is 9.65. The molecule has 3 aromatic carbocycles. The SMILES string of the molecule is CCCN(CCC)C(=O)c1cc(C(=O)N[C@H](CN[C@@H](CC)C(=O)NCC(C)C)Cc2ccccc2)cc(-c2ccccc2C=NC)c1. The smallest absolute Gasteiger partial charge is 0.253 e. The predicted octanol–water partition coefficient (Wildman–Crippen LogP) is 6.15. The number of hydrogen-bond donors (Lipinski definition) is 3. The fraction of sp³-hybridized carbons (Fsp3) is 0.436. The molecular weight excluding hydrogens is 586 g/mol. The van der Waals surface area contributed by atoms with Gasteiger partial charge in [0.1, 0.15) is 0 Å². The molecule has 0 radical (unpaired) electrons. The predicted molar refractivity (Wildman–Crippen MR) is 193 cm³/mol. The normalized spacial score (nSPS) is 12.6. The molecule has 0 aliphatic heterocycles. The van der Waals surface area contributed by atoms with Crippen LogP contribution >= 0.6 is 0 Å². The zero-order chi connectivity index (χ0) is 34.2. The topological polar surface area (TPSA) is 103 Å². The second-order valence-electron chi connectivity index (χ2n) is 12.4. The van der Waals surface area contributed by atoms with Gasteiger partial charge in [0.25, 0.3) is 11.8 Å². The van der Waals surface area contributed by atoms with E-state index in [9.17, 15) is 14.4 Å². The van der Waals surface area contributed by atoms with Crippen molar-refractivity contribution in [1.82, 2.24) is 20.9 Å². The lowest BCUT2D eigenvalue weighted by Crippen LogP contribution is -2.50. The number of carbonyl (C=O) groups is 3. The van der Waals surface area contributed by atoms with Crippen molar-refractivity contribution in [3.8, 4) is 11.1 Å². The first-order valence-corrected chi connectivity index (χ1v) is 17.0. The Hall–Kier alpha value is -4.30. The van der Waals surface area contributed by atoms with Crippen LogP contribution in [0.5, 0.6) is 0 Å². The van der Waals surface area contributed by atoms with Crippen molar-refractivity contribution in [3.63, 3.8) is 0 Å². The molecule has 2 atom stereocenters. The first-order valence-electron chi connectivity index (χ1n) is 17.0. The van der Waals surface area contributed by atoms with Crippen molar-refractivity contribution in [1.29, 1.82) is 0 Å². The summed E-state index contributed by atoms with van der Waals surface area (Å²) in [4.78, 5) is 46.9. The van der Waals surface area contributed by atoms with Gasteiger partial charge < -0.3 is 20.9 Å². The lowest BCUT2D eigenvalue weighted by Gasteiger charge is -2.24. The average Bonchev–Trinajstić information content (AvgIpc) is 3.07. The van der Waals surface area contributed by atoms with Gasteiger partial charge >= 0.3 is 0 Å². The van der Waals surface area contributed by atoms with Gasteiger partial charge in [0.2, 0.25) is 5.91 Å². The third kappa shape index (κ3) is 11.5. The molecule has 0 heterocycles. The molecule has 0 bridgehead atoms. The van der Waals surface area contributed by atoms with Gasteiger partial charge in [-0.3, -0.25) is 19.4 Å². The minimum Gasteiger partial charge on any atom is -0.354 e. The van der Waals surface area contributed by atoms with Crippen LogP contribution in [0.25, 0.3) is 11.1 Å². The molecule has 8 nitrogen and oxygen atoms in total. The quantitative estimate of drug-likeness (QED) is 0.145. The second-order valence-corrected chi connectivity index (χ2v) is 12.4. The monoisotopic (exact) mass is 639 g/mol. The largest absolute Gasteiger partial charge is 0.354 e. The molecule has 3 N–H and O–H groups in total. The molecule has 3 rings (SSSR count). The molecule has 0 unspecified atom stereocenters. The maximum atomic E-state index is 14.1. The van der Waals surface area contributed by atoms with Crippen LogP contribution in [-0.2, 0) is 11.2 Å². The summed E-state index contributed by atoms with van der Waals surface area (Å²) in [5.41, 5.74) is 4.52. The first kappa shape index (κ1) is 37.2. The highest BCUT2D eigenvalue weighted by Gasteiger charge is 2.23. The molecule has 0 saturated heterocycles. The Morgan fingerprint density at radius 1 is 0.851 bits per heavy atom. The summed E-state index contributed by atoms with van der Waals surface area (Å²) < 4.78 is 0. The lowest BCUT2D eigenvalue weighted by molar-refractivity contribution is -0.123. The van der Waals surface area contributed by atoms with E-state index in [1.807, 2.05) is 78.6 Å². The van der Waals surface area contributed by atoms with Crippen LogP contribution in [0.1, 0.15) is 85.7 Å². The number of benzene rings is 3. The summed E-state index contributed by atoms with van der Waals surface area (Å²) in [6, 6.07) is 22.6. The minimum atomic E-state index is -0.378. The molecule has 0 saturated carbocycles. The number of nitrogens with one attached hydrogen (secondary N) is 3. The Bertz CT molecular complexity index is 1460. The lowest BCUT2D eigenvalue weighted by atomic mass is 9.95. The van der Waals surface area contributed by atoms with Crippen LogP contribution in [0.4, 0.5) is 0 Å². The van der Waals surface area contributed by atoms with E-state index in [-0.39, 0.29) is 29.8 Å². The number of amides is 3. The van der Waals surface area contributed by atoms with Gasteiger partial charge in [0.15, 0.2) is 0 Å². The highest BCUT2D eigenvalue weighted by Crippen LogP contribution is 2.26. The fourth-order valence-corrected chi connectivity index (χ4v) is 5.56. The van der Waals surface area contributed by atoms with E-state index < -0.39 is 0 Å². The molecule has 3 aromatic rings. The van der Waals surface area contributed by atoms with Gasteiger partial charge in [-0.15, -0.1) is 0 Å². The molecule has 0 aliphatic carbocycles. The molecule has 0 aromatic heterocycles. The van der Waals surface area contributed by atoms with Gasteiger partial charge in [0, 0.05) is 62.2 Å². The summed E-state index contributed by atoms with van der Waals surface area (Å²) in [5.74, 6) is -0.0572. The molecule has 3 amide bonds. The molecule has 0 fully saturated rings. The maximum Gasteiger partial charge on any atom is 0.253 e. The van der Waals surface area contributed by atoms with E-state index in [0.717, 1.165) is 35.1 Å². The van der Waals surface area contributed by atoms with Crippen molar-refractivity contribution < 1.29 is 14.4 Å². The Kier molecular flexibility index (Phi) is 15.3. The van der Waals surface area contributed by atoms with Crippen LogP contribution in [0, 0.1) is 5.92 Å². The Labute approximate surface area is 281 Å². The third-order valence-corrected chi connectivity index (χ3v) is 7.94. The van der Waals surface area contributed by atoms with Gasteiger partial charge in [0.05, 0.1) is 6.04 Å². The fourth-order valence-electron chi connectivity index (χ4n) is 5.56. The van der Waals surface area contributed by atoms with E-state index in [4.69, 9.17) is 0 Å². The van der Waals surface area contributed by atoms with Crippen molar-refractivity contribution >= 4 is 23.9 Å². The highest BCUT2D eigenvalue weighted by molar-refractivity contribution is 6.02. The molecule has 0 aliphatic rings. The van der Waals surface area contributed by atoms with Gasteiger partial charge in [-0.2, -0.15) is 0 Å². The molecular formula is C39H53N5O3. The molecule has 8 heteroatoms. The number of carbonyl (C=O) groups excluding carboxylic acids is 3. The first-order chi connectivity index (χ1) is 22.7. The Balaban J connectivity index is 1.99. The van der Waals surface area contributed by atoms with Crippen molar-refractivity contribution in [2.75, 3.05) is 33.2 Å². The number of aliphatic imine (C=N–C) groups is 1. The highest BCUT2D eigenvalue weighted by atomic mass is 16.2. The van der Waals surface area contributed by atoms with Gasteiger partial charge in [-0.1, -0.05) is 89.2 Å². The van der Waals surface area contributed by atoms with E-state index in [1.165, 1.54) is 0 Å². The summed E-state index contributed by atoms with van der Waals surface area (Å²) >= 11 is 0. The van der Waals surface area contributed by atoms with Crippen LogP contribution in [0.2, 0.25) is 0 Å². The van der Waals surface area contributed by atoms with Gasteiger partial charge in [-0.25, -0.2) is 0 Å². The number of nitrogens with zero attached hydrogens (tertiary/aromatic N) is 2. The molecule has 0 spiro atoms. The second kappa shape index (κ2) is 19.4. The average molecular weight is 640 g/mol. The van der Waals surface area contributed by atoms with E-state index in [1.54, 1.807) is 19.3 Å². The van der Waals surface area contributed by atoms with Crippen LogP contribution in [0.3, 0.4) is 0 Å². The summed E-state index contributed by atoms with van der Waals surface area (Å²) in [6.07, 6.45) is 4.67. The third-order valence-electron chi connectivity index (χ3n) is 7.94. The van der Waals surface area contributed by atoms with Gasteiger partial charge in [-0.05, 0) is 66.5 Å². The molecule has 252 valence electrons. The molecule has 47 heavy (non-hydrogen) atoms.